The number of hydrogen-bond acceptors (Lipinski definition) is 3. The maximum Gasteiger partial charge on any atom is 0.251 e. The van der Waals surface area contributed by atoms with Gasteiger partial charge in [0.25, 0.3) is 5.91 Å². The van der Waals surface area contributed by atoms with Crippen molar-refractivity contribution in [3.8, 4) is 0 Å². The van der Waals surface area contributed by atoms with Crippen molar-refractivity contribution in [3.05, 3.63) is 71.9 Å². The van der Waals surface area contributed by atoms with Crippen LogP contribution in [0.2, 0.25) is 0 Å². The van der Waals surface area contributed by atoms with Gasteiger partial charge < -0.3 is 11.1 Å². The molecular weight excluding hydrogens is 262 g/mol. The van der Waals surface area contributed by atoms with E-state index in [4.69, 9.17) is 5.73 Å². The van der Waals surface area contributed by atoms with Crippen molar-refractivity contribution in [2.75, 3.05) is 5.73 Å². The minimum absolute atomic E-state index is 0.0995. The third-order valence-corrected chi connectivity index (χ3v) is 3.30. The van der Waals surface area contributed by atoms with E-state index in [1.807, 2.05) is 48.5 Å². The van der Waals surface area contributed by atoms with Crippen LogP contribution in [-0.4, -0.2) is 10.9 Å². The van der Waals surface area contributed by atoms with E-state index in [-0.39, 0.29) is 5.91 Å². The average Bonchev–Trinajstić information content (AvgIpc) is 2.53. The van der Waals surface area contributed by atoms with Crippen LogP contribution >= 0.6 is 0 Å². The fourth-order valence-electron chi connectivity index (χ4n) is 2.14. The van der Waals surface area contributed by atoms with E-state index in [9.17, 15) is 4.79 Å². The molecule has 0 atom stereocenters. The molecule has 4 heteroatoms. The van der Waals surface area contributed by atoms with Crippen LogP contribution in [0.3, 0.4) is 0 Å². The number of rotatable bonds is 3. The Balaban J connectivity index is 1.73. The van der Waals surface area contributed by atoms with E-state index < -0.39 is 0 Å². The number of fused-ring (bicyclic) bond motifs is 1. The molecule has 2 aromatic carbocycles. The molecule has 0 radical (unpaired) electrons. The number of carbonyl (C=O) groups is 1. The summed E-state index contributed by atoms with van der Waals surface area (Å²) in [5.74, 6) is -0.0995. The number of amides is 1. The van der Waals surface area contributed by atoms with Gasteiger partial charge in [0.05, 0.1) is 5.52 Å². The molecule has 3 aromatic rings. The van der Waals surface area contributed by atoms with Gasteiger partial charge in [-0.3, -0.25) is 9.78 Å². The van der Waals surface area contributed by atoms with Gasteiger partial charge in [-0.25, -0.2) is 0 Å². The van der Waals surface area contributed by atoms with Gasteiger partial charge in [-0.15, -0.1) is 0 Å². The summed E-state index contributed by atoms with van der Waals surface area (Å²) in [6.45, 7) is 0.476. The van der Waals surface area contributed by atoms with Crippen molar-refractivity contribution in [1.82, 2.24) is 10.3 Å². The molecule has 1 heterocycles. The minimum Gasteiger partial charge on any atom is -0.399 e. The second-order valence-corrected chi connectivity index (χ2v) is 4.84. The van der Waals surface area contributed by atoms with E-state index in [0.29, 0.717) is 17.8 Å². The maximum atomic E-state index is 12.2. The number of nitrogen functional groups attached to an aromatic ring is 1. The summed E-state index contributed by atoms with van der Waals surface area (Å²) in [6, 6.07) is 16.7. The Bertz CT molecular complexity index is 781. The Labute approximate surface area is 122 Å². The molecular formula is C17H15N3O. The fourth-order valence-corrected chi connectivity index (χ4v) is 2.14. The largest absolute Gasteiger partial charge is 0.399 e. The highest BCUT2D eigenvalue weighted by molar-refractivity contribution is 5.97. The quantitative estimate of drug-likeness (QED) is 0.723. The van der Waals surface area contributed by atoms with E-state index in [0.717, 1.165) is 16.5 Å². The second kappa shape index (κ2) is 5.63. The molecule has 0 unspecified atom stereocenters. The van der Waals surface area contributed by atoms with Crippen LogP contribution in [0.5, 0.6) is 0 Å². The van der Waals surface area contributed by atoms with E-state index >= 15 is 0 Å². The van der Waals surface area contributed by atoms with Gasteiger partial charge in [0.2, 0.25) is 0 Å². The molecule has 0 aliphatic heterocycles. The Kier molecular flexibility index (Phi) is 3.51. The Hall–Kier alpha value is -2.88. The predicted molar refractivity (Wildman–Crippen MR) is 83.8 cm³/mol. The van der Waals surface area contributed by atoms with Crippen LogP contribution in [0.1, 0.15) is 15.9 Å². The predicted octanol–water partition coefficient (Wildman–Crippen LogP) is 2.75. The molecule has 0 spiro atoms. The Morgan fingerprint density at radius 1 is 1.10 bits per heavy atom. The lowest BCUT2D eigenvalue weighted by molar-refractivity contribution is 0.0951. The molecule has 0 aliphatic carbocycles. The first-order valence-corrected chi connectivity index (χ1v) is 6.70. The highest BCUT2D eigenvalue weighted by Gasteiger charge is 2.06. The van der Waals surface area contributed by atoms with Crippen LogP contribution in [-0.2, 0) is 6.54 Å². The Morgan fingerprint density at radius 2 is 1.90 bits per heavy atom. The number of nitrogens with one attached hydrogen (secondary N) is 1. The molecule has 104 valence electrons. The molecule has 0 fully saturated rings. The van der Waals surface area contributed by atoms with Crippen molar-refractivity contribution in [2.24, 2.45) is 0 Å². The SMILES string of the molecule is Nc1ccc(CNC(=O)c2ccc3ncccc3c2)cc1. The normalized spacial score (nSPS) is 10.5. The van der Waals surface area contributed by atoms with Crippen LogP contribution in [0.4, 0.5) is 5.69 Å². The number of nitrogens with zero attached hydrogens (tertiary/aromatic N) is 1. The van der Waals surface area contributed by atoms with Crippen LogP contribution in [0.25, 0.3) is 10.9 Å². The fraction of sp³-hybridized carbons (Fsp3) is 0.0588. The van der Waals surface area contributed by atoms with Gasteiger partial charge in [-0.2, -0.15) is 0 Å². The number of anilines is 1. The molecule has 0 saturated carbocycles. The first-order valence-electron chi connectivity index (χ1n) is 6.70. The van der Waals surface area contributed by atoms with E-state index in [2.05, 4.69) is 10.3 Å². The summed E-state index contributed by atoms with van der Waals surface area (Å²) in [5, 5.41) is 3.86. The van der Waals surface area contributed by atoms with Crippen molar-refractivity contribution < 1.29 is 4.79 Å². The third kappa shape index (κ3) is 3.00. The van der Waals surface area contributed by atoms with Crippen molar-refractivity contribution in [1.29, 1.82) is 0 Å². The minimum atomic E-state index is -0.0995. The number of hydrogen-bond donors (Lipinski definition) is 2. The van der Waals surface area contributed by atoms with Gasteiger partial charge in [-0.05, 0) is 42.0 Å². The summed E-state index contributed by atoms with van der Waals surface area (Å²) in [6.07, 6.45) is 1.74. The molecule has 0 saturated heterocycles. The standard InChI is InChI=1S/C17H15N3O/c18-15-6-3-12(4-7-15)11-20-17(21)14-5-8-16-13(10-14)2-1-9-19-16/h1-10H,11,18H2,(H,20,21). The number of benzene rings is 2. The molecule has 1 aromatic heterocycles. The monoisotopic (exact) mass is 277 g/mol. The zero-order chi connectivity index (χ0) is 14.7. The highest BCUT2D eigenvalue weighted by Crippen LogP contribution is 2.13. The number of pyridine rings is 1. The second-order valence-electron chi connectivity index (χ2n) is 4.84. The third-order valence-electron chi connectivity index (χ3n) is 3.30. The van der Waals surface area contributed by atoms with Gasteiger partial charge >= 0.3 is 0 Å². The van der Waals surface area contributed by atoms with Crippen molar-refractivity contribution in [3.63, 3.8) is 0 Å². The molecule has 4 nitrogen and oxygen atoms in total. The Morgan fingerprint density at radius 3 is 2.71 bits per heavy atom. The number of carbonyl (C=O) groups excluding carboxylic acids is 1. The zero-order valence-electron chi connectivity index (χ0n) is 11.4. The van der Waals surface area contributed by atoms with E-state index in [1.165, 1.54) is 0 Å². The van der Waals surface area contributed by atoms with Crippen LogP contribution < -0.4 is 11.1 Å². The smallest absolute Gasteiger partial charge is 0.251 e. The lowest BCUT2D eigenvalue weighted by atomic mass is 10.1. The molecule has 21 heavy (non-hydrogen) atoms. The summed E-state index contributed by atoms with van der Waals surface area (Å²) >= 11 is 0. The van der Waals surface area contributed by atoms with Gasteiger partial charge in [0.1, 0.15) is 0 Å². The number of aromatic nitrogens is 1. The zero-order valence-corrected chi connectivity index (χ0v) is 11.4. The molecule has 3 rings (SSSR count). The molecule has 0 bridgehead atoms. The first-order chi connectivity index (χ1) is 10.2. The summed E-state index contributed by atoms with van der Waals surface area (Å²) < 4.78 is 0. The lowest BCUT2D eigenvalue weighted by Gasteiger charge is -2.06. The van der Waals surface area contributed by atoms with Crippen LogP contribution in [0.15, 0.2) is 60.8 Å². The molecule has 0 aliphatic rings. The average molecular weight is 277 g/mol. The highest BCUT2D eigenvalue weighted by atomic mass is 16.1. The van der Waals surface area contributed by atoms with E-state index in [1.54, 1.807) is 12.3 Å². The number of nitrogens with two attached hydrogens (primary N) is 1. The van der Waals surface area contributed by atoms with Crippen molar-refractivity contribution >= 4 is 22.5 Å². The lowest BCUT2D eigenvalue weighted by Crippen LogP contribution is -2.22. The maximum absolute atomic E-state index is 12.2. The van der Waals surface area contributed by atoms with Gasteiger partial charge in [0.15, 0.2) is 0 Å². The molecule has 1 amide bonds. The van der Waals surface area contributed by atoms with Gasteiger partial charge in [0, 0.05) is 29.4 Å². The summed E-state index contributed by atoms with van der Waals surface area (Å²) in [7, 11) is 0. The first kappa shape index (κ1) is 13.1. The summed E-state index contributed by atoms with van der Waals surface area (Å²) in [5.41, 5.74) is 8.87. The van der Waals surface area contributed by atoms with Gasteiger partial charge in [-0.1, -0.05) is 18.2 Å². The summed E-state index contributed by atoms with van der Waals surface area (Å²) in [4.78, 5) is 16.4. The topological polar surface area (TPSA) is 68.0 Å². The van der Waals surface area contributed by atoms with Crippen molar-refractivity contribution in [2.45, 2.75) is 6.54 Å². The van der Waals surface area contributed by atoms with Crippen LogP contribution in [0, 0.1) is 0 Å². The molecule has 3 N–H and O–H groups in total.